The second kappa shape index (κ2) is 10.4. The molecule has 2 aromatic rings. The molecule has 1 aliphatic heterocycles. The van der Waals surface area contributed by atoms with E-state index in [-0.39, 0.29) is 23.2 Å². The Morgan fingerprint density at radius 2 is 1.88 bits per heavy atom. The minimum atomic E-state index is -3.78. The highest BCUT2D eigenvalue weighted by atomic mass is 32.2. The van der Waals surface area contributed by atoms with Crippen molar-refractivity contribution >= 4 is 27.5 Å². The van der Waals surface area contributed by atoms with Gasteiger partial charge in [0.25, 0.3) is 10.0 Å². The minimum Gasteiger partial charge on any atom is -0.325 e. The summed E-state index contributed by atoms with van der Waals surface area (Å²) in [5, 5.41) is 2.81. The van der Waals surface area contributed by atoms with E-state index in [4.69, 9.17) is 0 Å². The summed E-state index contributed by atoms with van der Waals surface area (Å²) >= 11 is 0. The molecule has 9 heteroatoms. The van der Waals surface area contributed by atoms with Gasteiger partial charge in [0, 0.05) is 31.2 Å². The van der Waals surface area contributed by atoms with Crippen molar-refractivity contribution in [2.75, 3.05) is 18.4 Å². The van der Waals surface area contributed by atoms with Gasteiger partial charge in [0.05, 0.1) is 11.4 Å². The van der Waals surface area contributed by atoms with Gasteiger partial charge in [-0.3, -0.25) is 19.4 Å². The molecule has 1 aliphatic carbocycles. The maximum atomic E-state index is 13.2. The average Bonchev–Trinajstić information content (AvgIpc) is 3.63. The highest BCUT2D eigenvalue weighted by molar-refractivity contribution is 7.90. The van der Waals surface area contributed by atoms with Gasteiger partial charge in [0.15, 0.2) is 0 Å². The Bertz CT molecular complexity index is 1110. The molecule has 0 atom stereocenters. The van der Waals surface area contributed by atoms with Crippen LogP contribution in [0.1, 0.15) is 44.1 Å². The molecule has 176 valence electrons. The van der Waals surface area contributed by atoms with E-state index in [0.717, 1.165) is 37.7 Å². The van der Waals surface area contributed by atoms with Crippen molar-refractivity contribution in [2.24, 2.45) is 4.99 Å². The number of benzene rings is 2. The molecule has 0 saturated heterocycles. The molecule has 7 nitrogen and oxygen atoms in total. The van der Waals surface area contributed by atoms with E-state index in [1.165, 1.54) is 24.3 Å². The van der Waals surface area contributed by atoms with Crippen molar-refractivity contribution in [3.8, 4) is 0 Å². The molecule has 0 unspecified atom stereocenters. The quantitative estimate of drug-likeness (QED) is 0.613. The van der Waals surface area contributed by atoms with Crippen LogP contribution in [0.2, 0.25) is 0 Å². The molecule has 2 aromatic carbocycles. The van der Waals surface area contributed by atoms with Gasteiger partial charge in [-0.25, -0.2) is 12.8 Å². The molecular weight excluding hydrogens is 443 g/mol. The predicted octanol–water partition coefficient (Wildman–Crippen LogP) is 3.68. The zero-order valence-corrected chi connectivity index (χ0v) is 19.3. The van der Waals surface area contributed by atoms with E-state index in [9.17, 15) is 17.6 Å². The fraction of sp³-hybridized carbons (Fsp3) is 0.417. The number of nitrogens with one attached hydrogen (secondary N) is 2. The number of sulfonamides is 1. The normalized spacial score (nSPS) is 16.7. The average molecular weight is 473 g/mol. The highest BCUT2D eigenvalue weighted by Crippen LogP contribution is 2.28. The largest absolute Gasteiger partial charge is 0.325 e. The topological polar surface area (TPSA) is 90.9 Å². The van der Waals surface area contributed by atoms with E-state index in [1.807, 2.05) is 0 Å². The van der Waals surface area contributed by atoms with E-state index >= 15 is 0 Å². The van der Waals surface area contributed by atoms with Gasteiger partial charge in [-0.1, -0.05) is 24.6 Å². The van der Waals surface area contributed by atoms with Crippen LogP contribution >= 0.6 is 0 Å². The van der Waals surface area contributed by atoms with Crippen LogP contribution < -0.4 is 10.0 Å². The number of rotatable bonds is 8. The van der Waals surface area contributed by atoms with Crippen LogP contribution in [0.15, 0.2) is 58.4 Å². The van der Waals surface area contributed by atoms with Gasteiger partial charge in [-0.2, -0.15) is 0 Å². The molecule has 1 saturated carbocycles. The molecule has 0 spiro atoms. The van der Waals surface area contributed by atoms with E-state index in [0.29, 0.717) is 37.1 Å². The zero-order valence-electron chi connectivity index (χ0n) is 18.5. The molecule has 1 amide bonds. The SMILES string of the molecule is O=C(CN(Cc1ccc(F)cc1)C1CC1)Nc1cccc(S(=O)(=O)NC2=NCCCCC2)c1. The molecule has 2 aliphatic rings. The third-order valence-corrected chi connectivity index (χ3v) is 7.14. The molecule has 0 radical (unpaired) electrons. The van der Waals surface area contributed by atoms with Gasteiger partial charge in [0.2, 0.25) is 5.91 Å². The van der Waals surface area contributed by atoms with Crippen molar-refractivity contribution in [1.29, 1.82) is 0 Å². The van der Waals surface area contributed by atoms with Crippen molar-refractivity contribution in [3.63, 3.8) is 0 Å². The first-order chi connectivity index (χ1) is 15.9. The lowest BCUT2D eigenvalue weighted by Gasteiger charge is -2.21. The van der Waals surface area contributed by atoms with E-state index < -0.39 is 10.0 Å². The monoisotopic (exact) mass is 472 g/mol. The Kier molecular flexibility index (Phi) is 7.39. The van der Waals surface area contributed by atoms with Crippen LogP contribution in [-0.4, -0.2) is 44.2 Å². The van der Waals surface area contributed by atoms with Gasteiger partial charge in [-0.05, 0) is 61.6 Å². The lowest BCUT2D eigenvalue weighted by atomic mass is 10.2. The number of carbonyl (C=O) groups excluding carboxylic acids is 1. The molecule has 0 aromatic heterocycles. The molecule has 2 N–H and O–H groups in total. The molecule has 0 bridgehead atoms. The van der Waals surface area contributed by atoms with Crippen LogP contribution in [0.5, 0.6) is 0 Å². The number of hydrogen-bond donors (Lipinski definition) is 2. The number of anilines is 1. The lowest BCUT2D eigenvalue weighted by Crippen LogP contribution is -2.34. The highest BCUT2D eigenvalue weighted by Gasteiger charge is 2.30. The van der Waals surface area contributed by atoms with E-state index in [1.54, 1.807) is 24.3 Å². The fourth-order valence-electron chi connectivity index (χ4n) is 3.88. The summed E-state index contributed by atoms with van der Waals surface area (Å²) in [6, 6.07) is 12.8. The first-order valence-electron chi connectivity index (χ1n) is 11.3. The van der Waals surface area contributed by atoms with Crippen molar-refractivity contribution in [1.82, 2.24) is 9.62 Å². The Hall–Kier alpha value is -2.78. The first-order valence-corrected chi connectivity index (χ1v) is 12.8. The van der Waals surface area contributed by atoms with Crippen LogP contribution in [0.25, 0.3) is 0 Å². The summed E-state index contributed by atoms with van der Waals surface area (Å²) in [6.07, 6.45) is 5.57. The van der Waals surface area contributed by atoms with Crippen LogP contribution in [0.3, 0.4) is 0 Å². The fourth-order valence-corrected chi connectivity index (χ4v) is 5.01. The Labute approximate surface area is 194 Å². The Morgan fingerprint density at radius 3 is 2.64 bits per heavy atom. The van der Waals surface area contributed by atoms with Crippen molar-refractivity contribution < 1.29 is 17.6 Å². The Balaban J connectivity index is 1.39. The number of hydrogen-bond acceptors (Lipinski definition) is 5. The summed E-state index contributed by atoms with van der Waals surface area (Å²) in [5.41, 5.74) is 1.36. The third kappa shape index (κ3) is 6.85. The number of amidine groups is 1. The zero-order chi connectivity index (χ0) is 23.3. The second-order valence-electron chi connectivity index (χ2n) is 8.58. The Morgan fingerprint density at radius 1 is 1.09 bits per heavy atom. The summed E-state index contributed by atoms with van der Waals surface area (Å²) in [5.74, 6) is -0.0210. The number of amides is 1. The molecule has 1 heterocycles. The van der Waals surface area contributed by atoms with Crippen LogP contribution in [-0.2, 0) is 21.4 Å². The lowest BCUT2D eigenvalue weighted by molar-refractivity contribution is -0.117. The van der Waals surface area contributed by atoms with Gasteiger partial charge in [-0.15, -0.1) is 0 Å². The number of carbonyl (C=O) groups is 1. The minimum absolute atomic E-state index is 0.0811. The van der Waals surface area contributed by atoms with E-state index in [2.05, 4.69) is 19.9 Å². The predicted molar refractivity (Wildman–Crippen MR) is 126 cm³/mol. The first kappa shape index (κ1) is 23.4. The van der Waals surface area contributed by atoms with Crippen LogP contribution in [0.4, 0.5) is 10.1 Å². The number of nitrogens with zero attached hydrogens (tertiary/aromatic N) is 2. The molecule has 1 fully saturated rings. The third-order valence-electron chi connectivity index (χ3n) is 5.76. The maximum Gasteiger partial charge on any atom is 0.262 e. The number of aliphatic imine (C=N–C) groups is 1. The van der Waals surface area contributed by atoms with Gasteiger partial charge < -0.3 is 5.32 Å². The second-order valence-corrected chi connectivity index (χ2v) is 10.3. The van der Waals surface area contributed by atoms with Crippen molar-refractivity contribution in [3.05, 3.63) is 59.9 Å². The van der Waals surface area contributed by atoms with Gasteiger partial charge in [0.1, 0.15) is 11.7 Å². The summed E-state index contributed by atoms with van der Waals surface area (Å²) in [7, 11) is -3.78. The number of halogens is 1. The molecule has 33 heavy (non-hydrogen) atoms. The standard InChI is InChI=1S/C24H29FN4O3S/c25-19-10-8-18(9-11-19)16-29(21-12-13-21)17-24(30)27-20-5-4-6-22(15-20)33(31,32)28-23-7-2-1-3-14-26-23/h4-6,8-11,15,21H,1-3,7,12-14,16-17H2,(H,26,28)(H,27,30). The van der Waals surface area contributed by atoms with Crippen LogP contribution in [0, 0.1) is 5.82 Å². The maximum absolute atomic E-state index is 13.2. The summed E-state index contributed by atoms with van der Waals surface area (Å²) in [6.45, 7) is 1.36. The van der Waals surface area contributed by atoms with Crippen molar-refractivity contribution in [2.45, 2.75) is 56.0 Å². The summed E-state index contributed by atoms with van der Waals surface area (Å²) in [4.78, 5) is 19.2. The van der Waals surface area contributed by atoms with Gasteiger partial charge >= 0.3 is 0 Å². The smallest absolute Gasteiger partial charge is 0.262 e. The molecular formula is C24H29FN4O3S. The summed E-state index contributed by atoms with van der Waals surface area (Å²) < 4.78 is 41.4. The molecule has 4 rings (SSSR count).